The maximum Gasteiger partial charge on any atom is 0.263 e. The van der Waals surface area contributed by atoms with Gasteiger partial charge in [0.1, 0.15) is 4.90 Å². The minimum Gasteiger partial charge on any atom is -0.207 e. The first kappa shape index (κ1) is 11.8. The SMILES string of the molecule is O=S(=O)(Cl)c1c(Cl)cc(Br)cc1Br. The summed E-state index contributed by atoms with van der Waals surface area (Å²) in [5.41, 5.74) is 0. The van der Waals surface area contributed by atoms with Crippen LogP contribution in [0.1, 0.15) is 0 Å². The predicted molar refractivity (Wildman–Crippen MR) is 59.9 cm³/mol. The molecule has 0 bridgehead atoms. The molecule has 13 heavy (non-hydrogen) atoms. The molecule has 7 heteroatoms. The number of hydrogen-bond donors (Lipinski definition) is 0. The summed E-state index contributed by atoms with van der Waals surface area (Å²) in [7, 11) is 1.36. The summed E-state index contributed by atoms with van der Waals surface area (Å²) in [6, 6.07) is 3.02. The highest BCUT2D eigenvalue weighted by molar-refractivity contribution is 9.11. The van der Waals surface area contributed by atoms with Crippen molar-refractivity contribution in [3.05, 3.63) is 26.1 Å². The van der Waals surface area contributed by atoms with E-state index in [1.54, 1.807) is 6.07 Å². The highest BCUT2D eigenvalue weighted by Crippen LogP contribution is 2.34. The Kier molecular flexibility index (Phi) is 3.68. The molecule has 0 aromatic heterocycles. The van der Waals surface area contributed by atoms with Crippen molar-refractivity contribution >= 4 is 63.2 Å². The van der Waals surface area contributed by atoms with Gasteiger partial charge >= 0.3 is 0 Å². The van der Waals surface area contributed by atoms with Gasteiger partial charge in [-0.3, -0.25) is 0 Å². The first-order valence-corrected chi connectivity index (χ1v) is 7.19. The van der Waals surface area contributed by atoms with Crippen molar-refractivity contribution in [2.75, 3.05) is 0 Å². The summed E-state index contributed by atoms with van der Waals surface area (Å²) < 4.78 is 23.1. The Morgan fingerprint density at radius 2 is 1.77 bits per heavy atom. The van der Waals surface area contributed by atoms with E-state index in [0.717, 1.165) is 0 Å². The van der Waals surface area contributed by atoms with Crippen LogP contribution in [0.15, 0.2) is 26.0 Å². The quantitative estimate of drug-likeness (QED) is 0.707. The van der Waals surface area contributed by atoms with Gasteiger partial charge in [-0.15, -0.1) is 0 Å². The Morgan fingerprint density at radius 3 is 2.15 bits per heavy atom. The molecule has 1 aromatic carbocycles. The Bertz CT molecular complexity index is 421. The minimum absolute atomic E-state index is 0.0799. The van der Waals surface area contributed by atoms with Gasteiger partial charge in [-0.05, 0) is 28.1 Å². The lowest BCUT2D eigenvalue weighted by Gasteiger charge is -2.03. The van der Waals surface area contributed by atoms with Crippen LogP contribution in [0.25, 0.3) is 0 Å². The van der Waals surface area contributed by atoms with Crippen LogP contribution in [0.5, 0.6) is 0 Å². The van der Waals surface area contributed by atoms with Crippen molar-refractivity contribution in [3.8, 4) is 0 Å². The lowest BCUT2D eigenvalue weighted by atomic mass is 10.4. The molecule has 1 aromatic rings. The van der Waals surface area contributed by atoms with E-state index in [1.165, 1.54) is 6.07 Å². The molecule has 0 saturated heterocycles. The smallest absolute Gasteiger partial charge is 0.207 e. The number of halogens is 4. The van der Waals surface area contributed by atoms with E-state index in [-0.39, 0.29) is 9.92 Å². The van der Waals surface area contributed by atoms with Gasteiger partial charge in [0.25, 0.3) is 9.05 Å². The number of benzene rings is 1. The van der Waals surface area contributed by atoms with Crippen LogP contribution in [-0.4, -0.2) is 8.42 Å². The zero-order chi connectivity index (χ0) is 10.2. The summed E-state index contributed by atoms with van der Waals surface area (Å²) in [6.45, 7) is 0. The predicted octanol–water partition coefficient (Wildman–Crippen LogP) is 3.79. The lowest BCUT2D eigenvalue weighted by molar-refractivity contribution is 0.609. The zero-order valence-electron chi connectivity index (χ0n) is 5.89. The highest BCUT2D eigenvalue weighted by atomic mass is 79.9. The van der Waals surface area contributed by atoms with Gasteiger partial charge in [0.05, 0.1) is 5.02 Å². The normalized spacial score (nSPS) is 11.7. The maximum atomic E-state index is 11.0. The molecule has 0 N–H and O–H groups in total. The molecule has 0 atom stereocenters. The van der Waals surface area contributed by atoms with Crippen molar-refractivity contribution in [2.24, 2.45) is 0 Å². The van der Waals surface area contributed by atoms with E-state index in [4.69, 9.17) is 22.3 Å². The van der Waals surface area contributed by atoms with Crippen molar-refractivity contribution in [3.63, 3.8) is 0 Å². The molecule has 2 nitrogen and oxygen atoms in total. The second-order valence-electron chi connectivity index (χ2n) is 2.14. The summed E-state index contributed by atoms with van der Waals surface area (Å²) in [5.74, 6) is 0. The molecule has 72 valence electrons. The summed E-state index contributed by atoms with van der Waals surface area (Å²) in [5, 5.41) is 0.0799. The third-order valence-corrected chi connectivity index (χ3v) is 4.35. The monoisotopic (exact) mass is 366 g/mol. The van der Waals surface area contributed by atoms with E-state index in [2.05, 4.69) is 31.9 Å². The van der Waals surface area contributed by atoms with Crippen molar-refractivity contribution in [1.29, 1.82) is 0 Å². The molecular weight excluding hydrogens is 367 g/mol. The largest absolute Gasteiger partial charge is 0.263 e. The Labute approximate surface area is 102 Å². The van der Waals surface area contributed by atoms with E-state index < -0.39 is 9.05 Å². The molecule has 0 unspecified atom stereocenters. The molecule has 0 aliphatic heterocycles. The van der Waals surface area contributed by atoms with Gasteiger partial charge in [-0.2, -0.15) is 0 Å². The fourth-order valence-electron chi connectivity index (χ4n) is 0.762. The molecule has 0 radical (unpaired) electrons. The standard InChI is InChI=1S/C6H2Br2Cl2O2S/c7-3-1-4(8)6(5(9)2-3)13(10,11)12/h1-2H. The average molecular weight is 369 g/mol. The van der Waals surface area contributed by atoms with Crippen molar-refractivity contribution < 1.29 is 8.42 Å². The Hall–Kier alpha value is 0.710. The maximum absolute atomic E-state index is 11.0. The number of hydrogen-bond acceptors (Lipinski definition) is 2. The summed E-state index contributed by atoms with van der Waals surface area (Å²) in [6.07, 6.45) is 0. The van der Waals surface area contributed by atoms with E-state index in [0.29, 0.717) is 8.95 Å². The second kappa shape index (κ2) is 4.06. The topological polar surface area (TPSA) is 34.1 Å². The van der Waals surface area contributed by atoms with E-state index >= 15 is 0 Å². The van der Waals surface area contributed by atoms with Crippen LogP contribution in [0, 0.1) is 0 Å². The molecule has 0 aliphatic carbocycles. The molecule has 0 spiro atoms. The lowest BCUT2D eigenvalue weighted by Crippen LogP contribution is -1.93. The minimum atomic E-state index is -3.81. The highest BCUT2D eigenvalue weighted by Gasteiger charge is 2.19. The zero-order valence-corrected chi connectivity index (χ0v) is 11.4. The molecule has 0 saturated carbocycles. The van der Waals surface area contributed by atoms with Crippen LogP contribution in [-0.2, 0) is 9.05 Å². The molecule has 0 amide bonds. The van der Waals surface area contributed by atoms with Crippen molar-refractivity contribution in [2.45, 2.75) is 4.90 Å². The Morgan fingerprint density at radius 1 is 1.23 bits per heavy atom. The summed E-state index contributed by atoms with van der Waals surface area (Å²) in [4.78, 5) is -0.112. The van der Waals surface area contributed by atoms with Crippen LogP contribution in [0.3, 0.4) is 0 Å². The third-order valence-electron chi connectivity index (χ3n) is 1.21. The van der Waals surface area contributed by atoms with Gasteiger partial charge in [-0.1, -0.05) is 27.5 Å². The van der Waals surface area contributed by atoms with Crippen LogP contribution >= 0.6 is 54.1 Å². The van der Waals surface area contributed by atoms with Crippen LogP contribution in [0.4, 0.5) is 0 Å². The van der Waals surface area contributed by atoms with Gasteiger partial charge in [0.2, 0.25) is 0 Å². The Balaban J connectivity index is 3.57. The second-order valence-corrected chi connectivity index (χ2v) is 6.82. The van der Waals surface area contributed by atoms with Crippen LogP contribution < -0.4 is 0 Å². The average Bonchev–Trinajstić information content (AvgIpc) is 1.78. The molecule has 1 rings (SSSR count). The van der Waals surface area contributed by atoms with Gasteiger partial charge in [0, 0.05) is 19.6 Å². The first-order valence-electron chi connectivity index (χ1n) is 2.91. The fourth-order valence-corrected chi connectivity index (χ4v) is 4.88. The summed E-state index contributed by atoms with van der Waals surface area (Å²) >= 11 is 11.9. The van der Waals surface area contributed by atoms with Gasteiger partial charge < -0.3 is 0 Å². The molecule has 0 heterocycles. The van der Waals surface area contributed by atoms with E-state index in [9.17, 15) is 8.42 Å². The van der Waals surface area contributed by atoms with Crippen LogP contribution in [0.2, 0.25) is 5.02 Å². The third kappa shape index (κ3) is 2.83. The molecule has 0 aliphatic rings. The van der Waals surface area contributed by atoms with Gasteiger partial charge in [0.15, 0.2) is 0 Å². The van der Waals surface area contributed by atoms with Crippen molar-refractivity contribution in [1.82, 2.24) is 0 Å². The number of rotatable bonds is 1. The first-order chi connectivity index (χ1) is 5.82. The molecule has 0 fully saturated rings. The molecular formula is C6H2Br2Cl2O2S. The van der Waals surface area contributed by atoms with Gasteiger partial charge in [-0.25, -0.2) is 8.42 Å². The fraction of sp³-hybridized carbons (Fsp3) is 0. The van der Waals surface area contributed by atoms with E-state index in [1.807, 2.05) is 0 Å².